The van der Waals surface area contributed by atoms with Gasteiger partial charge in [0.25, 0.3) is 0 Å². The predicted octanol–water partition coefficient (Wildman–Crippen LogP) is 20.8. The summed E-state index contributed by atoms with van der Waals surface area (Å²) in [5.74, 6) is -2.30. The van der Waals surface area contributed by atoms with Gasteiger partial charge in [0.2, 0.25) is 0 Å². The maximum absolute atomic E-state index is 12.9. The van der Waals surface area contributed by atoms with E-state index in [-0.39, 0.29) is 38.6 Å². The van der Waals surface area contributed by atoms with Crippen molar-refractivity contribution in [2.24, 2.45) is 0 Å². The average Bonchev–Trinajstić information content (AvgIpc) is 3.55. The van der Waals surface area contributed by atoms with Crippen LogP contribution >= 0.6 is 0 Å². The molecule has 0 aromatic carbocycles. The molecule has 0 bridgehead atoms. The van der Waals surface area contributed by atoms with Gasteiger partial charge in [-0.1, -0.05) is 295 Å². The van der Waals surface area contributed by atoms with Gasteiger partial charge in [-0.25, -0.2) is 0 Å². The first-order valence-electron chi connectivity index (χ1n) is 35.3. The van der Waals surface area contributed by atoms with Crippen LogP contribution in [0.1, 0.15) is 284 Å². The molecule has 0 radical (unpaired) electrons. The molecular formula is C78H131NO8. The topological polar surface area (TPSA) is 111 Å². The number of hydrogen-bond donors (Lipinski definition) is 0. The zero-order valence-corrected chi connectivity index (χ0v) is 56.6. The van der Waals surface area contributed by atoms with E-state index in [1.54, 1.807) is 0 Å². The number of likely N-dealkylation sites (N-methyl/N-ethyl adjacent to an activating group) is 1. The van der Waals surface area contributed by atoms with Crippen LogP contribution in [0.5, 0.6) is 0 Å². The van der Waals surface area contributed by atoms with Gasteiger partial charge in [-0.15, -0.1) is 0 Å². The Morgan fingerprint density at radius 2 is 0.621 bits per heavy atom. The third-order valence-electron chi connectivity index (χ3n) is 14.9. The van der Waals surface area contributed by atoms with E-state index < -0.39 is 24.3 Å². The first kappa shape index (κ1) is 82.4. The number of hydrogen-bond acceptors (Lipinski definition) is 8. The van der Waals surface area contributed by atoms with E-state index >= 15 is 0 Å². The van der Waals surface area contributed by atoms with Crippen LogP contribution in [-0.2, 0) is 33.3 Å². The summed E-state index contributed by atoms with van der Waals surface area (Å²) in [6.07, 6.45) is 93.9. The lowest BCUT2D eigenvalue weighted by atomic mass is 10.0. The number of allylic oxidation sites excluding steroid dienone is 22. The predicted molar refractivity (Wildman–Crippen MR) is 370 cm³/mol. The summed E-state index contributed by atoms with van der Waals surface area (Å²) in [7, 11) is 5.92. The molecule has 0 fully saturated rings. The molecule has 496 valence electrons. The van der Waals surface area contributed by atoms with Crippen LogP contribution in [0.3, 0.4) is 0 Å². The van der Waals surface area contributed by atoms with E-state index in [0.29, 0.717) is 17.4 Å². The quantitative estimate of drug-likeness (QED) is 0.0195. The molecule has 2 unspecified atom stereocenters. The van der Waals surface area contributed by atoms with Gasteiger partial charge in [0, 0.05) is 12.8 Å². The first-order chi connectivity index (χ1) is 42.6. The number of unbranched alkanes of at least 4 members (excludes halogenated alkanes) is 27. The van der Waals surface area contributed by atoms with Gasteiger partial charge in [-0.2, -0.15) is 0 Å². The maximum atomic E-state index is 12.9. The summed E-state index contributed by atoms with van der Waals surface area (Å²) in [6, 6.07) is 0. The Morgan fingerprint density at radius 1 is 0.345 bits per heavy atom. The molecule has 9 heteroatoms. The zero-order chi connectivity index (χ0) is 63.3. The number of carbonyl (C=O) groups excluding carboxylic acids is 3. The largest absolute Gasteiger partial charge is 0.545 e. The third-order valence-corrected chi connectivity index (χ3v) is 14.9. The van der Waals surface area contributed by atoms with Crippen LogP contribution in [0.4, 0.5) is 0 Å². The van der Waals surface area contributed by atoms with Crippen LogP contribution in [0.15, 0.2) is 134 Å². The van der Waals surface area contributed by atoms with Crippen LogP contribution in [-0.4, -0.2) is 82.3 Å². The number of quaternary nitrogens is 1. The number of carboxylic acid groups (broad SMARTS) is 1. The number of nitrogens with zero attached hydrogens (tertiary/aromatic N) is 1. The fourth-order valence-corrected chi connectivity index (χ4v) is 9.57. The molecule has 0 heterocycles. The minimum absolute atomic E-state index is 0.141. The molecule has 0 saturated carbocycles. The van der Waals surface area contributed by atoms with E-state index in [4.69, 9.17) is 18.9 Å². The lowest BCUT2D eigenvalue weighted by Crippen LogP contribution is -2.44. The molecule has 0 amide bonds. The lowest BCUT2D eigenvalue weighted by Gasteiger charge is -2.26. The van der Waals surface area contributed by atoms with Crippen molar-refractivity contribution in [3.05, 3.63) is 134 Å². The second-order valence-electron chi connectivity index (χ2n) is 24.4. The Hall–Kier alpha value is -4.57. The number of carbonyl (C=O) groups is 3. The SMILES string of the molecule is CC/C=C\C/C=C\C/C=C\C/C=C\C/C=C\C/C=C\CCCCCCCCCCCCCCCCCCCCCCC(=O)OC(COC(=O)CCCCCCCCC/C=C\C/C=C\C/C=C\C/C=C\C/C=C\CC)COC(OCC[N+](C)(C)C)C(=O)[O-]. The summed E-state index contributed by atoms with van der Waals surface area (Å²) in [5.41, 5.74) is 0. The minimum Gasteiger partial charge on any atom is -0.545 e. The van der Waals surface area contributed by atoms with Gasteiger partial charge in [0.05, 0.1) is 40.3 Å². The molecule has 0 spiro atoms. The van der Waals surface area contributed by atoms with E-state index in [0.717, 1.165) is 122 Å². The van der Waals surface area contributed by atoms with E-state index in [1.807, 2.05) is 21.1 Å². The molecule has 0 rings (SSSR count). The van der Waals surface area contributed by atoms with Gasteiger partial charge in [-0.05, 0) is 109 Å². The Kier molecular flexibility index (Phi) is 63.8. The zero-order valence-electron chi connectivity index (χ0n) is 56.6. The Morgan fingerprint density at radius 3 is 0.920 bits per heavy atom. The van der Waals surface area contributed by atoms with Gasteiger partial charge in [-0.3, -0.25) is 9.59 Å². The lowest BCUT2D eigenvalue weighted by molar-refractivity contribution is -0.870. The van der Waals surface area contributed by atoms with E-state index in [2.05, 4.69) is 148 Å². The molecule has 0 aromatic heterocycles. The van der Waals surface area contributed by atoms with Crippen molar-refractivity contribution in [3.8, 4) is 0 Å². The Balaban J connectivity index is 4.08. The molecule has 0 aliphatic rings. The highest BCUT2D eigenvalue weighted by atomic mass is 16.7. The highest BCUT2D eigenvalue weighted by molar-refractivity contribution is 5.70. The van der Waals surface area contributed by atoms with Gasteiger partial charge >= 0.3 is 11.9 Å². The van der Waals surface area contributed by atoms with Crippen LogP contribution in [0.2, 0.25) is 0 Å². The number of carboxylic acids is 1. The highest BCUT2D eigenvalue weighted by Gasteiger charge is 2.22. The molecule has 0 N–H and O–H groups in total. The average molecular weight is 1210 g/mol. The molecule has 0 aliphatic heterocycles. The maximum Gasteiger partial charge on any atom is 0.306 e. The summed E-state index contributed by atoms with van der Waals surface area (Å²) < 4.78 is 22.8. The van der Waals surface area contributed by atoms with Crippen molar-refractivity contribution >= 4 is 17.9 Å². The summed E-state index contributed by atoms with van der Waals surface area (Å²) in [5, 5.41) is 11.8. The van der Waals surface area contributed by atoms with E-state index in [1.165, 1.54) is 128 Å². The second kappa shape index (κ2) is 67.4. The van der Waals surface area contributed by atoms with Crippen molar-refractivity contribution < 1.29 is 42.9 Å². The molecule has 87 heavy (non-hydrogen) atoms. The Labute approximate surface area is 535 Å². The van der Waals surface area contributed by atoms with Crippen LogP contribution < -0.4 is 5.11 Å². The number of rotatable bonds is 64. The van der Waals surface area contributed by atoms with Crippen LogP contribution in [0.25, 0.3) is 0 Å². The van der Waals surface area contributed by atoms with Gasteiger partial charge in [0.1, 0.15) is 13.2 Å². The standard InChI is InChI=1S/C78H131NO8/c1-6-8-10-12-14-16-18-20-22-24-26-28-30-31-32-33-34-35-36-37-38-39-40-41-42-43-44-45-47-49-51-53-55-57-59-61-63-65-67-69-76(81)87-74(73-86-78(77(82)83)84-71-70-79(3,4)5)72-85-75(80)68-66-64-62-60-58-56-54-52-50-48-46-29-27-25-23-21-19-17-15-13-11-9-7-2/h8-11,14-17,20-23,26-29,31-32,34-35,48,50,74,78H,6-7,12-13,18-19,24-25,30,33,36-47,49,51-73H2,1-5H3/b10-8-,11-9-,16-14-,17-15-,22-20-,23-21-,28-26-,29-27-,32-31-,35-34-,50-48-. The summed E-state index contributed by atoms with van der Waals surface area (Å²) >= 11 is 0. The molecule has 0 saturated heterocycles. The van der Waals surface area contributed by atoms with Crippen molar-refractivity contribution in [1.29, 1.82) is 0 Å². The fraction of sp³-hybridized carbons (Fsp3) is 0.679. The van der Waals surface area contributed by atoms with Gasteiger partial charge in [0.15, 0.2) is 12.4 Å². The smallest absolute Gasteiger partial charge is 0.306 e. The molecule has 0 aliphatic carbocycles. The van der Waals surface area contributed by atoms with Crippen molar-refractivity contribution in [3.63, 3.8) is 0 Å². The van der Waals surface area contributed by atoms with E-state index in [9.17, 15) is 19.5 Å². The van der Waals surface area contributed by atoms with Crippen LogP contribution in [0, 0.1) is 0 Å². The van der Waals surface area contributed by atoms with Crippen molar-refractivity contribution in [1.82, 2.24) is 0 Å². The third kappa shape index (κ3) is 68.8. The fourth-order valence-electron chi connectivity index (χ4n) is 9.57. The summed E-state index contributed by atoms with van der Waals surface area (Å²) in [6.45, 7) is 4.52. The summed E-state index contributed by atoms with van der Waals surface area (Å²) in [4.78, 5) is 37.5. The second-order valence-corrected chi connectivity index (χ2v) is 24.4. The minimum atomic E-state index is -1.63. The first-order valence-corrected chi connectivity index (χ1v) is 35.3. The molecule has 0 aromatic rings. The molecular weight excluding hydrogens is 1080 g/mol. The number of ether oxygens (including phenoxy) is 4. The monoisotopic (exact) mass is 1210 g/mol. The highest BCUT2D eigenvalue weighted by Crippen LogP contribution is 2.17. The van der Waals surface area contributed by atoms with Gasteiger partial charge < -0.3 is 33.3 Å². The molecule has 2 atom stereocenters. The number of aliphatic carboxylic acids is 1. The van der Waals surface area contributed by atoms with Crippen molar-refractivity contribution in [2.75, 3.05) is 47.5 Å². The normalized spacial score (nSPS) is 13.5. The molecule has 9 nitrogen and oxygen atoms in total. The Bertz CT molecular complexity index is 1890. The van der Waals surface area contributed by atoms with Crippen molar-refractivity contribution in [2.45, 2.75) is 296 Å². The number of esters is 2.